The molecule has 4 rings (SSSR count). The van der Waals surface area contributed by atoms with Gasteiger partial charge in [0, 0.05) is 6.42 Å². The van der Waals surface area contributed by atoms with Gasteiger partial charge in [0.2, 0.25) is 0 Å². The van der Waals surface area contributed by atoms with Crippen LogP contribution in [0.4, 0.5) is 0 Å². The second-order valence-electron chi connectivity index (χ2n) is 8.77. The van der Waals surface area contributed by atoms with Gasteiger partial charge in [-0.05, 0) is 87.0 Å². The van der Waals surface area contributed by atoms with E-state index in [0.29, 0.717) is 11.3 Å². The third kappa shape index (κ3) is 2.32. The van der Waals surface area contributed by atoms with Crippen molar-refractivity contribution in [3.8, 4) is 0 Å². The Bertz CT molecular complexity index is 544. The van der Waals surface area contributed by atoms with Crippen molar-refractivity contribution in [1.29, 1.82) is 0 Å². The number of hydrogen-bond donors (Lipinski definition) is 1. The van der Waals surface area contributed by atoms with Crippen molar-refractivity contribution in [2.24, 2.45) is 29.1 Å². The van der Waals surface area contributed by atoms with Crippen LogP contribution in [0.2, 0.25) is 0 Å². The topological polar surface area (TPSA) is 29.5 Å². The monoisotopic (exact) mass is 316 g/mol. The van der Waals surface area contributed by atoms with Gasteiger partial charge in [0.25, 0.3) is 0 Å². The van der Waals surface area contributed by atoms with E-state index in [0.717, 1.165) is 30.6 Å². The molecule has 2 nitrogen and oxygen atoms in total. The molecule has 0 radical (unpaired) electrons. The van der Waals surface area contributed by atoms with Gasteiger partial charge >= 0.3 is 0 Å². The van der Waals surface area contributed by atoms with Crippen molar-refractivity contribution < 1.29 is 9.84 Å². The van der Waals surface area contributed by atoms with Crippen LogP contribution in [0.1, 0.15) is 65.2 Å². The molecule has 0 aromatic rings. The lowest BCUT2D eigenvalue weighted by atomic mass is 9.53. The van der Waals surface area contributed by atoms with Crippen LogP contribution in [0.3, 0.4) is 0 Å². The Balaban J connectivity index is 1.59. The molecular formula is C21H32O2. The van der Waals surface area contributed by atoms with Crippen molar-refractivity contribution >= 4 is 0 Å². The first kappa shape index (κ1) is 15.7. The molecule has 0 saturated heterocycles. The average molecular weight is 316 g/mol. The second kappa shape index (κ2) is 5.65. The van der Waals surface area contributed by atoms with Crippen LogP contribution in [0.15, 0.2) is 23.0 Å². The van der Waals surface area contributed by atoms with E-state index in [-0.39, 0.29) is 6.10 Å². The Kier molecular flexibility index (Phi) is 3.87. The summed E-state index contributed by atoms with van der Waals surface area (Å²) in [6.45, 7) is 4.51. The molecule has 0 heterocycles. The Hall–Kier alpha value is -0.760. The van der Waals surface area contributed by atoms with E-state index in [1.807, 2.05) is 14.0 Å². The first-order valence-corrected chi connectivity index (χ1v) is 9.66. The average Bonchev–Trinajstić information content (AvgIpc) is 2.91. The van der Waals surface area contributed by atoms with Crippen molar-refractivity contribution in [3.05, 3.63) is 23.0 Å². The molecule has 6 atom stereocenters. The highest BCUT2D eigenvalue weighted by atomic mass is 16.5. The minimum atomic E-state index is -0.137. The van der Waals surface area contributed by atoms with Crippen LogP contribution in [-0.4, -0.2) is 18.3 Å². The van der Waals surface area contributed by atoms with E-state index in [2.05, 4.69) is 13.0 Å². The highest BCUT2D eigenvalue weighted by Gasteiger charge is 2.55. The van der Waals surface area contributed by atoms with Crippen LogP contribution < -0.4 is 0 Å². The molecule has 0 bridgehead atoms. The van der Waals surface area contributed by atoms with Crippen molar-refractivity contribution in [2.75, 3.05) is 7.11 Å². The molecule has 4 aliphatic carbocycles. The zero-order chi connectivity index (χ0) is 16.2. The third-order valence-corrected chi connectivity index (χ3v) is 7.97. The quantitative estimate of drug-likeness (QED) is 0.739. The first-order chi connectivity index (χ1) is 11.0. The molecule has 1 N–H and O–H groups in total. The fourth-order valence-corrected chi connectivity index (χ4v) is 6.88. The lowest BCUT2D eigenvalue weighted by molar-refractivity contribution is -0.0264. The number of hydrogen-bond acceptors (Lipinski definition) is 2. The van der Waals surface area contributed by atoms with Crippen molar-refractivity contribution in [3.63, 3.8) is 0 Å². The predicted molar refractivity (Wildman–Crippen MR) is 92.8 cm³/mol. The van der Waals surface area contributed by atoms with Crippen molar-refractivity contribution in [2.45, 2.75) is 71.3 Å². The van der Waals surface area contributed by atoms with E-state index >= 15 is 0 Å². The van der Waals surface area contributed by atoms with Gasteiger partial charge in [-0.25, -0.2) is 0 Å². The highest BCUT2D eigenvalue weighted by molar-refractivity contribution is 5.32. The molecule has 0 spiro atoms. The van der Waals surface area contributed by atoms with Crippen LogP contribution in [0.5, 0.6) is 0 Å². The van der Waals surface area contributed by atoms with Gasteiger partial charge in [-0.3, -0.25) is 0 Å². The van der Waals surface area contributed by atoms with Gasteiger partial charge in [-0.15, -0.1) is 0 Å². The molecule has 0 amide bonds. The molecule has 0 aromatic carbocycles. The minimum absolute atomic E-state index is 0.137. The largest absolute Gasteiger partial charge is 0.501 e. The van der Waals surface area contributed by atoms with Gasteiger partial charge in [0.1, 0.15) is 0 Å². The number of methoxy groups -OCH3 is 1. The Morgan fingerprint density at radius 1 is 1.26 bits per heavy atom. The van der Waals surface area contributed by atoms with Crippen LogP contribution in [-0.2, 0) is 4.74 Å². The summed E-state index contributed by atoms with van der Waals surface area (Å²) >= 11 is 0. The number of aliphatic hydroxyl groups excluding tert-OH is 1. The molecular weight excluding hydrogens is 284 g/mol. The molecule has 2 fully saturated rings. The van der Waals surface area contributed by atoms with Crippen molar-refractivity contribution in [1.82, 2.24) is 0 Å². The maximum atomic E-state index is 10.3. The summed E-state index contributed by atoms with van der Waals surface area (Å²) in [6, 6.07) is 0. The molecule has 23 heavy (non-hydrogen) atoms. The Morgan fingerprint density at radius 3 is 2.83 bits per heavy atom. The van der Waals surface area contributed by atoms with E-state index in [9.17, 15) is 5.11 Å². The lowest BCUT2D eigenvalue weighted by Crippen LogP contribution is -2.45. The molecule has 4 aliphatic rings. The Labute approximate surface area is 141 Å². The van der Waals surface area contributed by atoms with Gasteiger partial charge in [-0.2, -0.15) is 0 Å². The summed E-state index contributed by atoms with van der Waals surface area (Å²) < 4.78 is 5.50. The minimum Gasteiger partial charge on any atom is -0.501 e. The van der Waals surface area contributed by atoms with Crippen LogP contribution >= 0.6 is 0 Å². The molecule has 2 heteroatoms. The van der Waals surface area contributed by atoms with Gasteiger partial charge in [0.15, 0.2) is 0 Å². The number of aliphatic hydroxyl groups is 1. The van der Waals surface area contributed by atoms with Crippen LogP contribution in [0.25, 0.3) is 0 Å². The molecule has 0 aliphatic heterocycles. The predicted octanol–water partition coefficient (Wildman–Crippen LogP) is 4.84. The highest BCUT2D eigenvalue weighted by Crippen LogP contribution is 2.63. The lowest BCUT2D eigenvalue weighted by Gasteiger charge is -2.52. The van der Waals surface area contributed by atoms with Gasteiger partial charge < -0.3 is 9.84 Å². The summed E-state index contributed by atoms with van der Waals surface area (Å²) in [5.74, 6) is 4.23. The standard InChI is InChI=1S/C21H32O2/c1-13(22)19-8-9-20-18-6-4-14-12-15(23-3)5-7-16(14)17(18)10-11-21(19,20)2/h5,13,17-20,22H,4,6-12H2,1-3H3/t13-,17+,18+,19+,20+,21+/m0/s1. The van der Waals surface area contributed by atoms with Gasteiger partial charge in [0.05, 0.1) is 19.0 Å². The summed E-state index contributed by atoms with van der Waals surface area (Å²) in [7, 11) is 1.81. The normalized spacial score (nSPS) is 44.1. The SMILES string of the molecule is COC1=CCC2=C(CC[C@@H]3[C@@H]2CC[C@@]2(C)[C@@H]3CC[C@@H]2[C@H](C)O)C1. The number of ether oxygens (including phenoxy) is 1. The fraction of sp³-hybridized carbons (Fsp3) is 0.810. The second-order valence-corrected chi connectivity index (χ2v) is 8.77. The Morgan fingerprint density at radius 2 is 2.09 bits per heavy atom. The van der Waals surface area contributed by atoms with Crippen LogP contribution in [0, 0.1) is 29.1 Å². The molecule has 0 unspecified atom stereocenters. The number of rotatable bonds is 2. The number of fused-ring (bicyclic) bond motifs is 4. The number of allylic oxidation sites excluding steroid dienone is 3. The maximum absolute atomic E-state index is 10.3. The molecule has 0 aromatic heterocycles. The molecule has 128 valence electrons. The van der Waals surface area contributed by atoms with E-state index in [1.54, 1.807) is 11.1 Å². The van der Waals surface area contributed by atoms with E-state index in [1.165, 1.54) is 44.3 Å². The zero-order valence-corrected chi connectivity index (χ0v) is 15.0. The first-order valence-electron chi connectivity index (χ1n) is 9.66. The molecule has 2 saturated carbocycles. The van der Waals surface area contributed by atoms with E-state index in [4.69, 9.17) is 4.74 Å². The summed E-state index contributed by atoms with van der Waals surface area (Å²) in [5.41, 5.74) is 3.85. The summed E-state index contributed by atoms with van der Waals surface area (Å²) in [4.78, 5) is 0. The fourth-order valence-electron chi connectivity index (χ4n) is 6.88. The smallest absolute Gasteiger partial charge is 0.0959 e. The summed E-state index contributed by atoms with van der Waals surface area (Å²) in [6.07, 6.45) is 12.3. The summed E-state index contributed by atoms with van der Waals surface area (Å²) in [5, 5.41) is 10.3. The maximum Gasteiger partial charge on any atom is 0.0959 e. The van der Waals surface area contributed by atoms with Gasteiger partial charge in [-0.1, -0.05) is 18.1 Å². The van der Waals surface area contributed by atoms with E-state index < -0.39 is 0 Å². The third-order valence-electron chi connectivity index (χ3n) is 7.97. The zero-order valence-electron chi connectivity index (χ0n) is 15.0.